The van der Waals surface area contributed by atoms with Gasteiger partial charge in [0, 0.05) is 25.3 Å². The molecular formula is C16H29N6+. The third-order valence-corrected chi connectivity index (χ3v) is 4.25. The lowest BCUT2D eigenvalue weighted by atomic mass is 10.2. The fraction of sp³-hybridized carbons (Fsp3) is 0.625. The second-order valence-corrected chi connectivity index (χ2v) is 6.49. The second-order valence-electron chi connectivity index (χ2n) is 6.49. The van der Waals surface area contributed by atoms with Gasteiger partial charge < -0.3 is 20.1 Å². The number of nitrogens with zero attached hydrogens (tertiary/aromatic N) is 5. The van der Waals surface area contributed by atoms with Gasteiger partial charge in [-0.3, -0.25) is 0 Å². The zero-order chi connectivity index (χ0) is 16.4. The topological polar surface area (TPSA) is 54.2 Å². The van der Waals surface area contributed by atoms with Crippen LogP contribution in [0.5, 0.6) is 0 Å². The van der Waals surface area contributed by atoms with Crippen LogP contribution in [0.3, 0.4) is 0 Å². The van der Waals surface area contributed by atoms with Crippen molar-refractivity contribution in [2.45, 2.75) is 26.9 Å². The number of hydrogen-bond acceptors (Lipinski definition) is 4. The highest BCUT2D eigenvalue weighted by atomic mass is 15.2. The van der Waals surface area contributed by atoms with Crippen molar-refractivity contribution in [2.24, 2.45) is 0 Å². The molecular weight excluding hydrogens is 276 g/mol. The minimum absolute atomic E-state index is 0.816. The Bertz CT molecular complexity index is 656. The first-order chi connectivity index (χ1) is 10.3. The quantitative estimate of drug-likeness (QED) is 0.796. The standard InChI is InChI=1S/C16H28N6/c1-12-13(2)22(10-8-20(5)6)16-14(12)15(17)21(11-18-16)9-7-19(3)4/h11,17H,7-10H2,1-6H3/p+1. The number of likely N-dealkylation sites (N-methyl/N-ethyl adjacent to an activating group) is 2. The lowest BCUT2D eigenvalue weighted by Crippen LogP contribution is -2.41. The van der Waals surface area contributed by atoms with Gasteiger partial charge in [-0.25, -0.2) is 4.57 Å². The fourth-order valence-electron chi connectivity index (χ4n) is 2.68. The lowest BCUT2D eigenvalue weighted by molar-refractivity contribution is -0.683. The number of fused-ring (bicyclic) bond motifs is 1. The maximum absolute atomic E-state index is 6.42. The summed E-state index contributed by atoms with van der Waals surface area (Å²) in [5.74, 6) is 0.816. The van der Waals surface area contributed by atoms with E-state index in [0.717, 1.165) is 43.0 Å². The molecule has 0 spiro atoms. The summed E-state index contributed by atoms with van der Waals surface area (Å²) in [5.41, 5.74) is 9.91. The third kappa shape index (κ3) is 3.23. The summed E-state index contributed by atoms with van der Waals surface area (Å²) in [4.78, 5) is 9.02. The van der Waals surface area contributed by atoms with Crippen LogP contribution in [-0.4, -0.2) is 60.6 Å². The molecule has 22 heavy (non-hydrogen) atoms. The van der Waals surface area contributed by atoms with Gasteiger partial charge in [-0.15, -0.1) is 0 Å². The van der Waals surface area contributed by atoms with Crippen molar-refractivity contribution >= 4 is 16.9 Å². The molecule has 0 unspecified atom stereocenters. The number of nitrogens with two attached hydrogens (primary N) is 1. The molecule has 2 aromatic heterocycles. The molecule has 2 N–H and O–H groups in total. The van der Waals surface area contributed by atoms with Crippen molar-refractivity contribution in [1.82, 2.24) is 19.4 Å². The Hall–Kier alpha value is -1.66. The molecule has 122 valence electrons. The van der Waals surface area contributed by atoms with E-state index in [4.69, 9.17) is 5.73 Å². The summed E-state index contributed by atoms with van der Waals surface area (Å²) < 4.78 is 4.32. The first-order valence-electron chi connectivity index (χ1n) is 7.75. The van der Waals surface area contributed by atoms with Crippen molar-refractivity contribution in [3.05, 3.63) is 17.6 Å². The number of aryl methyl sites for hydroxylation is 1. The minimum Gasteiger partial charge on any atom is -0.318 e. The molecule has 0 saturated carbocycles. The molecule has 0 bridgehead atoms. The smallest absolute Gasteiger partial charge is 0.232 e. The number of rotatable bonds is 6. The molecule has 0 radical (unpaired) electrons. The van der Waals surface area contributed by atoms with Crippen LogP contribution < -0.4 is 10.3 Å². The Kier molecular flexibility index (Phi) is 5.03. The molecule has 0 aromatic carbocycles. The number of nitrogen functional groups attached to an aromatic ring is 1. The van der Waals surface area contributed by atoms with Gasteiger partial charge in [0.2, 0.25) is 17.8 Å². The summed E-state index contributed by atoms with van der Waals surface area (Å²) in [7, 11) is 8.31. The van der Waals surface area contributed by atoms with Gasteiger partial charge in [0.1, 0.15) is 5.39 Å². The van der Waals surface area contributed by atoms with Crippen LogP contribution in [-0.2, 0) is 13.1 Å². The highest BCUT2D eigenvalue weighted by Gasteiger charge is 2.21. The van der Waals surface area contributed by atoms with E-state index >= 15 is 0 Å². The fourth-order valence-corrected chi connectivity index (χ4v) is 2.68. The summed E-state index contributed by atoms with van der Waals surface area (Å²) in [6, 6.07) is 0. The molecule has 6 nitrogen and oxygen atoms in total. The summed E-state index contributed by atoms with van der Waals surface area (Å²) in [5, 5.41) is 1.09. The summed E-state index contributed by atoms with van der Waals surface area (Å²) in [6.07, 6.45) is 1.87. The van der Waals surface area contributed by atoms with Gasteiger partial charge in [0.15, 0.2) is 0 Å². The SMILES string of the molecule is Cc1c(C)n(CCN(C)C)c2nc[n+](CCN(C)C)c(N)c12. The Balaban J connectivity index is 2.45. The average Bonchev–Trinajstić information content (AvgIpc) is 2.68. The number of hydrogen-bond donors (Lipinski definition) is 1. The Morgan fingerprint density at radius 3 is 2.36 bits per heavy atom. The van der Waals surface area contributed by atoms with Gasteiger partial charge in [0.25, 0.3) is 0 Å². The maximum atomic E-state index is 6.42. The van der Waals surface area contributed by atoms with Gasteiger partial charge in [-0.05, 0) is 47.6 Å². The van der Waals surface area contributed by atoms with Gasteiger partial charge in [0.05, 0.1) is 6.54 Å². The van der Waals surface area contributed by atoms with Crippen molar-refractivity contribution in [1.29, 1.82) is 0 Å². The van der Waals surface area contributed by atoms with Crippen LogP contribution in [0.15, 0.2) is 6.33 Å². The number of aromatic nitrogens is 3. The predicted octanol–water partition coefficient (Wildman–Crippen LogP) is 0.646. The molecule has 0 saturated heterocycles. The van der Waals surface area contributed by atoms with E-state index in [2.05, 4.69) is 61.4 Å². The largest absolute Gasteiger partial charge is 0.318 e. The average molecular weight is 305 g/mol. The van der Waals surface area contributed by atoms with Crippen LogP contribution in [0.2, 0.25) is 0 Å². The van der Waals surface area contributed by atoms with E-state index in [9.17, 15) is 0 Å². The molecule has 0 fully saturated rings. The molecule has 0 aliphatic carbocycles. The normalized spacial score (nSPS) is 12.0. The van der Waals surface area contributed by atoms with Crippen molar-refractivity contribution in [3.8, 4) is 0 Å². The van der Waals surface area contributed by atoms with E-state index in [1.165, 1.54) is 11.3 Å². The zero-order valence-electron chi connectivity index (χ0n) is 14.7. The van der Waals surface area contributed by atoms with Crippen molar-refractivity contribution in [3.63, 3.8) is 0 Å². The van der Waals surface area contributed by atoms with E-state index in [-0.39, 0.29) is 0 Å². The Labute approximate surface area is 133 Å². The van der Waals surface area contributed by atoms with E-state index in [1.807, 2.05) is 10.9 Å². The van der Waals surface area contributed by atoms with Gasteiger partial charge in [-0.1, -0.05) is 4.98 Å². The molecule has 0 atom stereocenters. The zero-order valence-corrected chi connectivity index (χ0v) is 14.7. The van der Waals surface area contributed by atoms with E-state index in [1.54, 1.807) is 0 Å². The molecule has 2 heterocycles. The first kappa shape index (κ1) is 16.7. The Morgan fingerprint density at radius 2 is 1.77 bits per heavy atom. The van der Waals surface area contributed by atoms with Crippen LogP contribution in [0, 0.1) is 13.8 Å². The van der Waals surface area contributed by atoms with Crippen LogP contribution in [0.1, 0.15) is 11.3 Å². The third-order valence-electron chi connectivity index (χ3n) is 4.25. The minimum atomic E-state index is 0.816. The van der Waals surface area contributed by atoms with E-state index in [0.29, 0.717) is 0 Å². The molecule has 0 aliphatic rings. The second kappa shape index (κ2) is 6.62. The molecule has 0 amide bonds. The highest BCUT2D eigenvalue weighted by Crippen LogP contribution is 2.26. The molecule has 6 heteroatoms. The van der Waals surface area contributed by atoms with Crippen LogP contribution >= 0.6 is 0 Å². The van der Waals surface area contributed by atoms with Gasteiger partial charge in [-0.2, -0.15) is 0 Å². The highest BCUT2D eigenvalue weighted by molar-refractivity contribution is 5.89. The van der Waals surface area contributed by atoms with Crippen LogP contribution in [0.25, 0.3) is 11.0 Å². The molecule has 2 aromatic rings. The molecule has 2 rings (SSSR count). The summed E-state index contributed by atoms with van der Waals surface area (Å²) >= 11 is 0. The first-order valence-corrected chi connectivity index (χ1v) is 7.75. The van der Waals surface area contributed by atoms with Gasteiger partial charge >= 0.3 is 0 Å². The number of anilines is 1. The summed E-state index contributed by atoms with van der Waals surface area (Å²) in [6.45, 7) is 8.00. The monoisotopic (exact) mass is 305 g/mol. The maximum Gasteiger partial charge on any atom is 0.232 e. The lowest BCUT2D eigenvalue weighted by Gasteiger charge is -2.12. The van der Waals surface area contributed by atoms with Crippen molar-refractivity contribution in [2.75, 3.05) is 47.0 Å². The van der Waals surface area contributed by atoms with Crippen molar-refractivity contribution < 1.29 is 4.57 Å². The molecule has 0 aliphatic heterocycles. The Morgan fingerprint density at radius 1 is 1.14 bits per heavy atom. The van der Waals surface area contributed by atoms with Crippen LogP contribution in [0.4, 0.5) is 5.82 Å². The van der Waals surface area contributed by atoms with E-state index < -0.39 is 0 Å². The predicted molar refractivity (Wildman–Crippen MR) is 90.9 cm³/mol.